The molecule has 2 nitrogen and oxygen atoms in total. The smallest absolute Gasteiger partial charge is 0.170 e. The Morgan fingerprint density at radius 1 is 1.50 bits per heavy atom. The van der Waals surface area contributed by atoms with Crippen LogP contribution in [0.1, 0.15) is 11.3 Å². The quantitative estimate of drug-likeness (QED) is 0.787. The van der Waals surface area contributed by atoms with E-state index < -0.39 is 0 Å². The summed E-state index contributed by atoms with van der Waals surface area (Å²) in [6.45, 7) is 3.84. The van der Waals surface area contributed by atoms with Gasteiger partial charge in [-0.25, -0.2) is 0 Å². The minimum absolute atomic E-state index is 0.210. The molecule has 2 aromatic rings. The number of pyridine rings is 1. The molecule has 0 aliphatic carbocycles. The van der Waals surface area contributed by atoms with Crippen molar-refractivity contribution < 1.29 is 3.89 Å². The molecule has 0 bridgehead atoms. The zero-order valence-electron chi connectivity index (χ0n) is 7.71. The van der Waals surface area contributed by atoms with Gasteiger partial charge in [-0.2, -0.15) is 0 Å². The molecule has 0 unspecified atom stereocenters. The molecule has 0 radical (unpaired) electrons. The maximum Gasteiger partial charge on any atom is 0.170 e. The van der Waals surface area contributed by atoms with Crippen molar-refractivity contribution in [3.05, 3.63) is 28.0 Å². The Morgan fingerprint density at radius 2 is 2.21 bits per heavy atom. The Bertz CT molecular complexity index is 495. The van der Waals surface area contributed by atoms with Gasteiger partial charge in [0.1, 0.15) is 0 Å². The summed E-state index contributed by atoms with van der Waals surface area (Å²) in [6.07, 6.45) is 1.72. The second-order valence-corrected chi connectivity index (χ2v) is 4.51. The molecule has 2 rings (SSSR count). The normalized spacial score (nSPS) is 11.1. The number of hydrogen-bond acceptors (Lipinski definition) is 2. The molecule has 74 valence electrons. The van der Waals surface area contributed by atoms with Crippen LogP contribution in [-0.2, 0) is 0 Å². The molecule has 0 amide bonds. The Kier molecular flexibility index (Phi) is 2.53. The second kappa shape index (κ2) is 3.55. The molecule has 0 spiro atoms. The second-order valence-electron chi connectivity index (χ2n) is 3.10. The Hall–Kier alpha value is -0.550. The SMILES string of the molecule is Cc1c(C)n(SF)c2cc(Br)cnc12. The number of aryl methyl sites for hydroxylation is 1. The largest absolute Gasteiger partial charge is 0.259 e. The summed E-state index contributed by atoms with van der Waals surface area (Å²) in [4.78, 5) is 4.26. The molecule has 0 aromatic carbocycles. The van der Waals surface area contributed by atoms with E-state index in [1.165, 1.54) is 0 Å². The summed E-state index contributed by atoms with van der Waals surface area (Å²) in [5.41, 5.74) is 3.59. The van der Waals surface area contributed by atoms with Gasteiger partial charge < -0.3 is 0 Å². The van der Waals surface area contributed by atoms with Crippen molar-refractivity contribution in [3.8, 4) is 0 Å². The van der Waals surface area contributed by atoms with Gasteiger partial charge in [0, 0.05) is 16.4 Å². The molecule has 2 heterocycles. The fourth-order valence-corrected chi connectivity index (χ4v) is 2.24. The fourth-order valence-electron chi connectivity index (χ4n) is 1.47. The van der Waals surface area contributed by atoms with Crippen LogP contribution in [0.15, 0.2) is 16.7 Å². The molecule has 0 fully saturated rings. The van der Waals surface area contributed by atoms with E-state index in [0.717, 1.165) is 26.8 Å². The molecule has 0 N–H and O–H groups in total. The summed E-state index contributed by atoms with van der Waals surface area (Å²) in [5.74, 6) is 0. The number of rotatable bonds is 1. The van der Waals surface area contributed by atoms with Crippen molar-refractivity contribution in [1.29, 1.82) is 0 Å². The summed E-state index contributed by atoms with van der Waals surface area (Å²) >= 11 is 3.53. The van der Waals surface area contributed by atoms with E-state index in [2.05, 4.69) is 20.9 Å². The van der Waals surface area contributed by atoms with Crippen molar-refractivity contribution in [2.45, 2.75) is 13.8 Å². The van der Waals surface area contributed by atoms with E-state index in [-0.39, 0.29) is 12.3 Å². The van der Waals surface area contributed by atoms with Gasteiger partial charge in [-0.1, -0.05) is 0 Å². The zero-order chi connectivity index (χ0) is 10.3. The lowest BCUT2D eigenvalue weighted by Gasteiger charge is -1.98. The number of aromatic nitrogens is 2. The number of fused-ring (bicyclic) bond motifs is 1. The molecule has 0 aliphatic heterocycles. The Balaban J connectivity index is 2.89. The van der Waals surface area contributed by atoms with E-state index in [1.807, 2.05) is 19.9 Å². The summed E-state index contributed by atoms with van der Waals surface area (Å²) < 4.78 is 15.1. The van der Waals surface area contributed by atoms with Crippen LogP contribution < -0.4 is 0 Å². The maximum atomic E-state index is 12.7. The zero-order valence-corrected chi connectivity index (χ0v) is 10.1. The highest BCUT2D eigenvalue weighted by Gasteiger charge is 2.12. The predicted octanol–water partition coefficient (Wildman–Crippen LogP) is 3.80. The van der Waals surface area contributed by atoms with Crippen molar-refractivity contribution in [1.82, 2.24) is 8.96 Å². The van der Waals surface area contributed by atoms with E-state index in [0.29, 0.717) is 0 Å². The lowest BCUT2D eigenvalue weighted by molar-refractivity contribution is 0.915. The van der Waals surface area contributed by atoms with Crippen LogP contribution in [0.2, 0.25) is 0 Å². The Labute approximate surface area is 94.1 Å². The third-order valence-electron chi connectivity index (χ3n) is 2.32. The van der Waals surface area contributed by atoms with E-state index in [9.17, 15) is 3.89 Å². The van der Waals surface area contributed by atoms with Crippen LogP contribution in [0.3, 0.4) is 0 Å². The van der Waals surface area contributed by atoms with E-state index in [1.54, 1.807) is 10.2 Å². The topological polar surface area (TPSA) is 17.8 Å². The van der Waals surface area contributed by atoms with E-state index >= 15 is 0 Å². The van der Waals surface area contributed by atoms with Crippen molar-refractivity contribution in [2.75, 3.05) is 0 Å². The Morgan fingerprint density at radius 3 is 2.86 bits per heavy atom. The van der Waals surface area contributed by atoms with Crippen LogP contribution >= 0.6 is 28.3 Å². The van der Waals surface area contributed by atoms with Crippen LogP contribution in [-0.4, -0.2) is 8.96 Å². The first-order valence-corrected chi connectivity index (χ1v) is 5.54. The van der Waals surface area contributed by atoms with Gasteiger partial charge in [0.05, 0.1) is 11.0 Å². The van der Waals surface area contributed by atoms with Gasteiger partial charge in [-0.15, -0.1) is 3.89 Å². The first-order chi connectivity index (χ1) is 6.65. The molecule has 0 atom stereocenters. The molecule has 0 saturated heterocycles. The van der Waals surface area contributed by atoms with Gasteiger partial charge in [0.25, 0.3) is 0 Å². The highest BCUT2D eigenvalue weighted by atomic mass is 79.9. The maximum absolute atomic E-state index is 12.7. The van der Waals surface area contributed by atoms with Gasteiger partial charge in [0.15, 0.2) is 12.3 Å². The van der Waals surface area contributed by atoms with Crippen molar-refractivity contribution in [2.24, 2.45) is 0 Å². The van der Waals surface area contributed by atoms with Gasteiger partial charge >= 0.3 is 0 Å². The van der Waals surface area contributed by atoms with E-state index in [4.69, 9.17) is 0 Å². The van der Waals surface area contributed by atoms with Crippen molar-refractivity contribution in [3.63, 3.8) is 0 Å². The molecular weight excluding hydrogens is 267 g/mol. The number of hydrogen-bond donors (Lipinski definition) is 0. The third kappa shape index (κ3) is 1.35. The van der Waals surface area contributed by atoms with Gasteiger partial charge in [-0.3, -0.25) is 8.96 Å². The highest BCUT2D eigenvalue weighted by molar-refractivity contribution is 9.10. The number of nitrogens with zero attached hydrogens (tertiary/aromatic N) is 2. The minimum atomic E-state index is 0.210. The summed E-state index contributed by atoms with van der Waals surface area (Å²) in [7, 11) is 0. The summed E-state index contributed by atoms with van der Waals surface area (Å²) in [6, 6.07) is 1.87. The third-order valence-corrected chi connectivity index (χ3v) is 3.37. The highest BCUT2D eigenvalue weighted by Crippen LogP contribution is 2.29. The average molecular weight is 275 g/mol. The average Bonchev–Trinajstić information content (AvgIpc) is 2.39. The predicted molar refractivity (Wildman–Crippen MR) is 61.0 cm³/mol. The summed E-state index contributed by atoms with van der Waals surface area (Å²) in [5, 5.41) is 0. The minimum Gasteiger partial charge on any atom is -0.259 e. The van der Waals surface area contributed by atoms with Crippen LogP contribution in [0.5, 0.6) is 0 Å². The molecule has 2 aromatic heterocycles. The van der Waals surface area contributed by atoms with Crippen LogP contribution in [0, 0.1) is 13.8 Å². The molecule has 14 heavy (non-hydrogen) atoms. The van der Waals surface area contributed by atoms with Crippen LogP contribution in [0.4, 0.5) is 3.89 Å². The molecule has 5 heteroatoms. The van der Waals surface area contributed by atoms with Crippen LogP contribution in [0.25, 0.3) is 11.0 Å². The lowest BCUT2D eigenvalue weighted by atomic mass is 10.2. The van der Waals surface area contributed by atoms with Gasteiger partial charge in [0.2, 0.25) is 0 Å². The lowest BCUT2D eigenvalue weighted by Crippen LogP contribution is -1.86. The van der Waals surface area contributed by atoms with Crippen molar-refractivity contribution >= 4 is 39.3 Å². The molecule has 0 aliphatic rings. The monoisotopic (exact) mass is 274 g/mol. The number of halogens is 2. The first-order valence-electron chi connectivity index (χ1n) is 4.07. The fraction of sp³-hybridized carbons (Fsp3) is 0.222. The molecule has 0 saturated carbocycles. The van der Waals surface area contributed by atoms with Gasteiger partial charge in [-0.05, 0) is 41.4 Å². The first kappa shape index (κ1) is 9.98. The molecular formula is C9H8BrFN2S. The standard InChI is InChI=1S/C9H8BrFN2S/c1-5-6(2)13(14-11)8-3-7(10)4-12-9(5)8/h3-4H,1-2H3.